The van der Waals surface area contributed by atoms with Gasteiger partial charge in [0, 0.05) is 24.0 Å². The summed E-state index contributed by atoms with van der Waals surface area (Å²) >= 11 is 0. The van der Waals surface area contributed by atoms with Crippen LogP contribution in [-0.2, 0) is 31.9 Å². The van der Waals surface area contributed by atoms with E-state index < -0.39 is 0 Å². The summed E-state index contributed by atoms with van der Waals surface area (Å²) in [6.45, 7) is 11.8. The summed E-state index contributed by atoms with van der Waals surface area (Å²) in [5, 5.41) is 0. The second kappa shape index (κ2) is 12.7. The molecule has 0 bridgehead atoms. The van der Waals surface area contributed by atoms with Crippen LogP contribution in [-0.4, -0.2) is 34.1 Å². The van der Waals surface area contributed by atoms with E-state index in [0.717, 1.165) is 0 Å². The number of hydrogen-bond acceptors (Lipinski definition) is 8. The van der Waals surface area contributed by atoms with E-state index >= 15 is 0 Å². The Morgan fingerprint density at radius 2 is 1.11 bits per heavy atom. The SMILES string of the molecule is C/C1=C\[C@@H](C)C[C@@H](C)[C@@H](Cc2cnco2)OC(=O)/C(C)=C/[C@@H](C)C[C@@H](C)[C@@H](Cc2cnco2)OC1=O. The molecule has 0 amide bonds. The summed E-state index contributed by atoms with van der Waals surface area (Å²) < 4.78 is 22.8. The van der Waals surface area contributed by atoms with Crippen molar-refractivity contribution in [2.24, 2.45) is 23.7 Å². The van der Waals surface area contributed by atoms with Gasteiger partial charge in [-0.3, -0.25) is 0 Å². The summed E-state index contributed by atoms with van der Waals surface area (Å²) in [5.74, 6) is 0.843. The van der Waals surface area contributed by atoms with E-state index in [4.69, 9.17) is 18.3 Å². The topological polar surface area (TPSA) is 105 Å². The van der Waals surface area contributed by atoms with E-state index in [2.05, 4.69) is 9.97 Å². The molecule has 6 atom stereocenters. The molecule has 0 aromatic carbocycles. The Balaban J connectivity index is 1.87. The molecule has 3 heterocycles. The molecule has 0 aliphatic carbocycles. The van der Waals surface area contributed by atoms with Crippen LogP contribution in [0.2, 0.25) is 0 Å². The number of ether oxygens (including phenoxy) is 2. The Bertz CT molecular complexity index is 956. The normalized spacial score (nSPS) is 32.1. The van der Waals surface area contributed by atoms with E-state index in [-0.39, 0.29) is 47.8 Å². The summed E-state index contributed by atoms with van der Waals surface area (Å²) in [6.07, 6.45) is 11.4. The van der Waals surface area contributed by atoms with E-state index in [1.165, 1.54) is 12.8 Å². The van der Waals surface area contributed by atoms with Crippen molar-refractivity contribution >= 4 is 11.9 Å². The molecule has 0 radical (unpaired) electrons. The van der Waals surface area contributed by atoms with Gasteiger partial charge in [0.2, 0.25) is 0 Å². The fourth-order valence-electron chi connectivity index (χ4n) is 4.86. The van der Waals surface area contributed by atoms with Gasteiger partial charge in [-0.05, 0) is 50.4 Å². The molecule has 1 aliphatic heterocycles. The number of allylic oxidation sites excluding steroid dienone is 2. The maximum atomic E-state index is 13.0. The van der Waals surface area contributed by atoms with E-state index in [1.54, 1.807) is 26.2 Å². The number of aromatic nitrogens is 2. The Hall–Kier alpha value is -3.16. The van der Waals surface area contributed by atoms with Gasteiger partial charge in [-0.2, -0.15) is 0 Å². The van der Waals surface area contributed by atoms with Gasteiger partial charge in [0.05, 0.1) is 12.4 Å². The van der Waals surface area contributed by atoms with E-state index in [1.807, 2.05) is 39.8 Å². The van der Waals surface area contributed by atoms with Gasteiger partial charge >= 0.3 is 11.9 Å². The highest BCUT2D eigenvalue weighted by molar-refractivity contribution is 5.88. The molecule has 0 spiro atoms. The molecular formula is C28H38N2O6. The molecule has 0 saturated carbocycles. The van der Waals surface area contributed by atoms with Crippen LogP contribution in [0, 0.1) is 23.7 Å². The summed E-state index contributed by atoms with van der Waals surface area (Å²) in [4.78, 5) is 34.0. The summed E-state index contributed by atoms with van der Waals surface area (Å²) in [6, 6.07) is 0. The highest BCUT2D eigenvalue weighted by Crippen LogP contribution is 2.27. The predicted molar refractivity (Wildman–Crippen MR) is 134 cm³/mol. The van der Waals surface area contributed by atoms with Gasteiger partial charge in [0.15, 0.2) is 12.8 Å². The van der Waals surface area contributed by atoms with E-state index in [0.29, 0.717) is 48.3 Å². The minimum atomic E-state index is -0.384. The van der Waals surface area contributed by atoms with Gasteiger partial charge < -0.3 is 18.3 Å². The Morgan fingerprint density at radius 1 is 0.722 bits per heavy atom. The lowest BCUT2D eigenvalue weighted by Crippen LogP contribution is -2.30. The molecular weight excluding hydrogens is 460 g/mol. The van der Waals surface area contributed by atoms with Crippen molar-refractivity contribution in [2.45, 2.75) is 79.4 Å². The van der Waals surface area contributed by atoms with Crippen LogP contribution in [0.25, 0.3) is 0 Å². The number of carbonyl (C=O) groups excluding carboxylic acids is 2. The molecule has 8 heteroatoms. The maximum Gasteiger partial charge on any atom is 0.333 e. The molecule has 2 aromatic heterocycles. The first-order valence-corrected chi connectivity index (χ1v) is 12.7. The molecule has 36 heavy (non-hydrogen) atoms. The van der Waals surface area contributed by atoms with Gasteiger partial charge in [0.1, 0.15) is 23.7 Å². The second-order valence-electron chi connectivity index (χ2n) is 10.3. The van der Waals surface area contributed by atoms with Gasteiger partial charge in [-0.1, -0.05) is 39.8 Å². The van der Waals surface area contributed by atoms with Crippen molar-refractivity contribution in [1.82, 2.24) is 9.97 Å². The average Bonchev–Trinajstić information content (AvgIpc) is 3.51. The fraction of sp³-hybridized carbons (Fsp3) is 0.571. The summed E-state index contributed by atoms with van der Waals surface area (Å²) in [7, 11) is 0. The van der Waals surface area contributed by atoms with Crippen molar-refractivity contribution in [3.8, 4) is 0 Å². The molecule has 0 saturated heterocycles. The Morgan fingerprint density at radius 3 is 1.44 bits per heavy atom. The Kier molecular flexibility index (Phi) is 9.67. The second-order valence-corrected chi connectivity index (χ2v) is 10.3. The van der Waals surface area contributed by atoms with Crippen molar-refractivity contribution in [2.75, 3.05) is 0 Å². The number of nitrogens with zero attached hydrogens (tertiary/aromatic N) is 2. The minimum absolute atomic E-state index is 0.0199. The lowest BCUT2D eigenvalue weighted by molar-refractivity contribution is -0.147. The van der Waals surface area contributed by atoms with Crippen LogP contribution in [0.1, 0.15) is 65.9 Å². The smallest absolute Gasteiger partial charge is 0.333 e. The van der Waals surface area contributed by atoms with Crippen molar-refractivity contribution in [1.29, 1.82) is 0 Å². The number of rotatable bonds is 4. The number of cyclic esters (lactones) is 2. The van der Waals surface area contributed by atoms with Crippen molar-refractivity contribution in [3.05, 3.63) is 60.0 Å². The van der Waals surface area contributed by atoms with Gasteiger partial charge in [-0.15, -0.1) is 0 Å². The number of esters is 2. The monoisotopic (exact) mass is 498 g/mol. The van der Waals surface area contributed by atoms with Crippen molar-refractivity contribution in [3.63, 3.8) is 0 Å². The number of carbonyl (C=O) groups is 2. The van der Waals surface area contributed by atoms with Crippen LogP contribution in [0.4, 0.5) is 0 Å². The molecule has 196 valence electrons. The zero-order valence-electron chi connectivity index (χ0n) is 22.1. The third-order valence-corrected chi connectivity index (χ3v) is 6.76. The average molecular weight is 499 g/mol. The number of hydrogen-bond donors (Lipinski definition) is 0. The first-order chi connectivity index (χ1) is 17.1. The summed E-state index contributed by atoms with van der Waals surface area (Å²) in [5.41, 5.74) is 1.12. The van der Waals surface area contributed by atoms with Crippen LogP contribution < -0.4 is 0 Å². The zero-order valence-corrected chi connectivity index (χ0v) is 22.1. The lowest BCUT2D eigenvalue weighted by Gasteiger charge is -2.27. The Labute approximate surface area is 213 Å². The van der Waals surface area contributed by atoms with Gasteiger partial charge in [-0.25, -0.2) is 19.6 Å². The fourth-order valence-corrected chi connectivity index (χ4v) is 4.86. The first kappa shape index (κ1) is 27.4. The molecule has 0 N–H and O–H groups in total. The first-order valence-electron chi connectivity index (χ1n) is 12.7. The van der Waals surface area contributed by atoms with Crippen LogP contribution in [0.5, 0.6) is 0 Å². The molecule has 3 rings (SSSR count). The quantitative estimate of drug-likeness (QED) is 0.509. The highest BCUT2D eigenvalue weighted by atomic mass is 16.5. The molecule has 1 aliphatic rings. The van der Waals surface area contributed by atoms with Gasteiger partial charge in [0.25, 0.3) is 0 Å². The highest BCUT2D eigenvalue weighted by Gasteiger charge is 2.28. The largest absolute Gasteiger partial charge is 0.458 e. The molecule has 0 unspecified atom stereocenters. The predicted octanol–water partition coefficient (Wildman–Crippen LogP) is 5.50. The maximum absolute atomic E-state index is 13.0. The molecule has 0 fully saturated rings. The third kappa shape index (κ3) is 7.93. The lowest BCUT2D eigenvalue weighted by atomic mass is 9.88. The van der Waals surface area contributed by atoms with Crippen molar-refractivity contribution < 1.29 is 27.9 Å². The van der Waals surface area contributed by atoms with E-state index in [9.17, 15) is 9.59 Å². The van der Waals surface area contributed by atoms with Crippen LogP contribution in [0.3, 0.4) is 0 Å². The van der Waals surface area contributed by atoms with Crippen LogP contribution in [0.15, 0.2) is 57.3 Å². The molecule has 2 aromatic rings. The van der Waals surface area contributed by atoms with Crippen LogP contribution >= 0.6 is 0 Å². The number of oxazole rings is 2. The third-order valence-electron chi connectivity index (χ3n) is 6.76. The zero-order chi connectivity index (χ0) is 26.2. The standard InChI is InChI=1S/C28H38N2O6/c1-17-7-19(3)25(11-23-13-29-15-33-23)35-28(32)22(6)10-18(2)8-20(4)26(12-24-14-30-16-34-24)36-27(31)21(5)9-17/h9-10,13-20,25-26H,7-8,11-12H2,1-6H3/b21-9+,22-10+/t17-,18-,19+,20+,25+,26+/m0/s1. The molecule has 8 nitrogen and oxygen atoms in total. The minimum Gasteiger partial charge on any atom is -0.458 e.